The third-order valence-electron chi connectivity index (χ3n) is 3.28. The molecule has 9 heteroatoms. The molecule has 6 nitrogen and oxygen atoms in total. The van der Waals surface area contributed by atoms with E-state index in [0.29, 0.717) is 29.3 Å². The zero-order valence-electron chi connectivity index (χ0n) is 13.8. The van der Waals surface area contributed by atoms with Crippen LogP contribution in [0, 0.1) is 0 Å². The van der Waals surface area contributed by atoms with E-state index < -0.39 is 12.8 Å². The van der Waals surface area contributed by atoms with Crippen LogP contribution in [-0.4, -0.2) is 40.8 Å². The molecule has 0 saturated heterocycles. The molecule has 0 aliphatic rings. The van der Waals surface area contributed by atoms with Crippen LogP contribution < -0.4 is 0 Å². The number of amides is 1. The summed E-state index contributed by atoms with van der Waals surface area (Å²) >= 11 is 0. The first-order chi connectivity index (χ1) is 11.8. The topological polar surface area (TPSA) is 68.5 Å². The molecule has 25 heavy (non-hydrogen) atoms. The molecule has 0 fully saturated rings. The highest BCUT2D eigenvalue weighted by atomic mass is 19.4. The van der Waals surface area contributed by atoms with Crippen molar-refractivity contribution in [3.63, 3.8) is 0 Å². The molecular weight excluding hydrogens is 339 g/mol. The maximum absolute atomic E-state index is 12.3. The molecular formula is C16H18F3N3O3. The van der Waals surface area contributed by atoms with Gasteiger partial charge in [0.15, 0.2) is 5.82 Å². The van der Waals surface area contributed by atoms with Gasteiger partial charge < -0.3 is 14.2 Å². The standard InChI is InChI=1S/C16H18F3N3O3/c1-3-13-20-14(25-21-13)8-22(2)15(23)12-6-4-11(5-7-12)9-24-10-16(17,18)19/h4-7H,3,8-10H2,1-2H3. The van der Waals surface area contributed by atoms with Crippen molar-refractivity contribution in [3.8, 4) is 0 Å². The lowest BCUT2D eigenvalue weighted by atomic mass is 10.1. The molecule has 0 aliphatic carbocycles. The van der Waals surface area contributed by atoms with Crippen LogP contribution in [0.25, 0.3) is 0 Å². The average molecular weight is 357 g/mol. The van der Waals surface area contributed by atoms with Crippen molar-refractivity contribution in [2.45, 2.75) is 32.7 Å². The van der Waals surface area contributed by atoms with Gasteiger partial charge >= 0.3 is 6.18 Å². The maximum Gasteiger partial charge on any atom is 0.411 e. The minimum atomic E-state index is -4.36. The normalized spacial score (nSPS) is 11.6. The van der Waals surface area contributed by atoms with Crippen molar-refractivity contribution in [2.24, 2.45) is 0 Å². The number of alkyl halides is 3. The van der Waals surface area contributed by atoms with Gasteiger partial charge in [-0.1, -0.05) is 24.2 Å². The summed E-state index contributed by atoms with van der Waals surface area (Å²) in [4.78, 5) is 17.9. The predicted molar refractivity (Wildman–Crippen MR) is 81.6 cm³/mol. The number of rotatable bonds is 7. The molecule has 2 aromatic rings. The van der Waals surface area contributed by atoms with E-state index in [9.17, 15) is 18.0 Å². The Morgan fingerprint density at radius 1 is 1.28 bits per heavy atom. The van der Waals surface area contributed by atoms with Crippen LogP contribution >= 0.6 is 0 Å². The predicted octanol–water partition coefficient (Wildman–Crippen LogP) is 2.98. The number of carbonyl (C=O) groups is 1. The van der Waals surface area contributed by atoms with E-state index in [1.165, 1.54) is 17.0 Å². The monoisotopic (exact) mass is 357 g/mol. The summed E-state index contributed by atoms with van der Waals surface area (Å²) in [5.74, 6) is 0.642. The molecule has 0 N–H and O–H groups in total. The Morgan fingerprint density at radius 2 is 1.96 bits per heavy atom. The van der Waals surface area contributed by atoms with Gasteiger partial charge in [-0.2, -0.15) is 18.2 Å². The molecule has 1 aromatic carbocycles. The van der Waals surface area contributed by atoms with Gasteiger partial charge in [-0.15, -0.1) is 0 Å². The molecule has 0 aliphatic heterocycles. The van der Waals surface area contributed by atoms with Crippen molar-refractivity contribution in [1.82, 2.24) is 15.0 Å². The molecule has 0 saturated carbocycles. The second-order valence-corrected chi connectivity index (χ2v) is 5.42. The summed E-state index contributed by atoms with van der Waals surface area (Å²) in [6, 6.07) is 6.19. The van der Waals surface area contributed by atoms with E-state index in [0.717, 1.165) is 0 Å². The molecule has 0 unspecified atom stereocenters. The Kier molecular flexibility index (Phi) is 6.13. The quantitative estimate of drug-likeness (QED) is 0.762. The Hall–Kier alpha value is -2.42. The van der Waals surface area contributed by atoms with Gasteiger partial charge in [0, 0.05) is 19.0 Å². The van der Waals surface area contributed by atoms with Crippen LogP contribution in [0.15, 0.2) is 28.8 Å². The summed E-state index contributed by atoms with van der Waals surface area (Å²) in [5, 5.41) is 3.76. The molecule has 0 radical (unpaired) electrons. The lowest BCUT2D eigenvalue weighted by Gasteiger charge is -2.15. The Morgan fingerprint density at radius 3 is 2.52 bits per heavy atom. The second-order valence-electron chi connectivity index (χ2n) is 5.42. The van der Waals surface area contributed by atoms with Crippen molar-refractivity contribution in [3.05, 3.63) is 47.1 Å². The third kappa shape index (κ3) is 5.86. The highest BCUT2D eigenvalue weighted by Gasteiger charge is 2.27. The first-order valence-corrected chi connectivity index (χ1v) is 7.59. The number of hydrogen-bond donors (Lipinski definition) is 0. The average Bonchev–Trinajstić information content (AvgIpc) is 3.01. The molecule has 136 valence electrons. The molecule has 0 bridgehead atoms. The molecule has 2 rings (SSSR count). The van der Waals surface area contributed by atoms with Gasteiger partial charge in [0.25, 0.3) is 5.91 Å². The van der Waals surface area contributed by atoms with Gasteiger partial charge in [-0.25, -0.2) is 0 Å². The summed E-state index contributed by atoms with van der Waals surface area (Å²) in [6.45, 7) is 0.581. The maximum atomic E-state index is 12.3. The zero-order chi connectivity index (χ0) is 18.4. The number of benzene rings is 1. The van der Waals surface area contributed by atoms with Gasteiger partial charge in [0.1, 0.15) is 6.61 Å². The van der Waals surface area contributed by atoms with E-state index in [1.807, 2.05) is 6.92 Å². The number of ether oxygens (including phenoxy) is 1. The fourth-order valence-electron chi connectivity index (χ4n) is 2.02. The van der Waals surface area contributed by atoms with Crippen molar-refractivity contribution in [2.75, 3.05) is 13.7 Å². The Balaban J connectivity index is 1.90. The number of aromatic nitrogens is 2. The van der Waals surface area contributed by atoms with Crippen LogP contribution in [0.2, 0.25) is 0 Å². The fraction of sp³-hybridized carbons (Fsp3) is 0.438. The molecule has 1 amide bonds. The van der Waals surface area contributed by atoms with Crippen LogP contribution in [0.4, 0.5) is 13.2 Å². The summed E-state index contributed by atoms with van der Waals surface area (Å²) in [5.41, 5.74) is 0.949. The third-order valence-corrected chi connectivity index (χ3v) is 3.28. The van der Waals surface area contributed by atoms with E-state index in [-0.39, 0.29) is 19.1 Å². The number of aryl methyl sites for hydroxylation is 1. The first-order valence-electron chi connectivity index (χ1n) is 7.59. The summed E-state index contributed by atoms with van der Waals surface area (Å²) < 4.78 is 45.7. The number of halogens is 3. The number of hydrogen-bond acceptors (Lipinski definition) is 5. The van der Waals surface area contributed by atoms with Crippen molar-refractivity contribution in [1.29, 1.82) is 0 Å². The Labute approximate surface area is 142 Å². The summed E-state index contributed by atoms with van der Waals surface area (Å²) in [6.07, 6.45) is -3.72. The lowest BCUT2D eigenvalue weighted by molar-refractivity contribution is -0.176. The van der Waals surface area contributed by atoms with Crippen LogP contribution in [-0.2, 0) is 24.3 Å². The first kappa shape index (κ1) is 18.9. The Bertz CT molecular complexity index is 699. The van der Waals surface area contributed by atoms with Crippen LogP contribution in [0.1, 0.15) is 34.6 Å². The number of carbonyl (C=O) groups excluding carboxylic acids is 1. The van der Waals surface area contributed by atoms with Gasteiger partial charge in [0.2, 0.25) is 5.89 Å². The lowest BCUT2D eigenvalue weighted by Crippen LogP contribution is -2.26. The zero-order valence-corrected chi connectivity index (χ0v) is 13.8. The van der Waals surface area contributed by atoms with Crippen molar-refractivity contribution >= 4 is 5.91 Å². The molecule has 0 spiro atoms. The van der Waals surface area contributed by atoms with E-state index in [2.05, 4.69) is 14.9 Å². The van der Waals surface area contributed by atoms with Crippen LogP contribution in [0.5, 0.6) is 0 Å². The van der Waals surface area contributed by atoms with Crippen molar-refractivity contribution < 1.29 is 27.2 Å². The van der Waals surface area contributed by atoms with Gasteiger partial charge in [-0.05, 0) is 17.7 Å². The van der Waals surface area contributed by atoms with E-state index >= 15 is 0 Å². The SMILES string of the molecule is CCc1noc(CN(C)C(=O)c2ccc(COCC(F)(F)F)cc2)n1. The van der Waals surface area contributed by atoms with E-state index in [4.69, 9.17) is 4.52 Å². The van der Waals surface area contributed by atoms with Gasteiger partial charge in [-0.3, -0.25) is 4.79 Å². The van der Waals surface area contributed by atoms with Crippen LogP contribution in [0.3, 0.4) is 0 Å². The smallest absolute Gasteiger partial charge is 0.367 e. The minimum Gasteiger partial charge on any atom is -0.367 e. The molecule has 0 atom stereocenters. The molecule has 1 aromatic heterocycles. The largest absolute Gasteiger partial charge is 0.411 e. The highest BCUT2D eigenvalue weighted by Crippen LogP contribution is 2.16. The van der Waals surface area contributed by atoms with Gasteiger partial charge in [0.05, 0.1) is 13.2 Å². The number of nitrogens with zero attached hydrogens (tertiary/aromatic N) is 3. The highest BCUT2D eigenvalue weighted by molar-refractivity contribution is 5.94. The molecule has 1 heterocycles. The second kappa shape index (κ2) is 8.11. The minimum absolute atomic E-state index is 0.169. The fourth-order valence-corrected chi connectivity index (χ4v) is 2.02. The van der Waals surface area contributed by atoms with E-state index in [1.54, 1.807) is 19.2 Å². The summed E-state index contributed by atoms with van der Waals surface area (Å²) in [7, 11) is 1.60.